The van der Waals surface area contributed by atoms with E-state index in [9.17, 15) is 14.4 Å². The molecule has 192 valence electrons. The van der Waals surface area contributed by atoms with Crippen LogP contribution in [0, 0.1) is 0 Å². The number of rotatable bonds is 6. The summed E-state index contributed by atoms with van der Waals surface area (Å²) < 4.78 is 0. The van der Waals surface area contributed by atoms with E-state index in [1.807, 2.05) is 48.5 Å². The number of piperazine rings is 1. The van der Waals surface area contributed by atoms with Crippen LogP contribution in [0.3, 0.4) is 0 Å². The molecule has 2 aliphatic rings. The third-order valence-electron chi connectivity index (χ3n) is 6.81. The lowest BCUT2D eigenvalue weighted by molar-refractivity contribution is -0.131. The minimum Gasteiger partial charge on any atom is -0.478 e. The van der Waals surface area contributed by atoms with Gasteiger partial charge in [-0.15, -0.1) is 0 Å². The van der Waals surface area contributed by atoms with Crippen LogP contribution in [0.1, 0.15) is 21.5 Å². The summed E-state index contributed by atoms with van der Waals surface area (Å²) in [5.41, 5.74) is 5.81. The first-order chi connectivity index (χ1) is 18.4. The van der Waals surface area contributed by atoms with Crippen LogP contribution in [0.5, 0.6) is 0 Å². The third kappa shape index (κ3) is 5.50. The molecular weight excluding hydrogens is 480 g/mol. The van der Waals surface area contributed by atoms with E-state index >= 15 is 0 Å². The molecule has 38 heavy (non-hydrogen) atoms. The second-order valence-electron chi connectivity index (χ2n) is 9.38. The Balaban J connectivity index is 1.38. The highest BCUT2D eigenvalue weighted by Gasteiger charge is 2.27. The van der Waals surface area contributed by atoms with E-state index in [-0.39, 0.29) is 0 Å². The van der Waals surface area contributed by atoms with Crippen LogP contribution in [-0.4, -0.2) is 61.0 Å². The molecule has 5 rings (SSSR count). The van der Waals surface area contributed by atoms with Crippen LogP contribution < -0.4 is 15.5 Å². The summed E-state index contributed by atoms with van der Waals surface area (Å²) in [6, 6.07) is 20.8. The second kappa shape index (κ2) is 10.7. The van der Waals surface area contributed by atoms with Gasteiger partial charge in [-0.25, -0.2) is 4.79 Å². The van der Waals surface area contributed by atoms with Crippen LogP contribution in [-0.2, 0) is 9.59 Å². The Labute approximate surface area is 220 Å². The number of hydrogen-bond donors (Lipinski definition) is 3. The minimum absolute atomic E-state index is 0.366. The molecule has 1 fully saturated rings. The average Bonchev–Trinajstić information content (AvgIpc) is 2.92. The maximum atomic E-state index is 12.8. The summed E-state index contributed by atoms with van der Waals surface area (Å²) in [7, 11) is 2.13. The van der Waals surface area contributed by atoms with Crippen molar-refractivity contribution in [2.45, 2.75) is 0 Å². The molecular formula is C30H28N4O4. The Morgan fingerprint density at radius 1 is 0.868 bits per heavy atom. The summed E-state index contributed by atoms with van der Waals surface area (Å²) in [5.74, 6) is -1.90. The van der Waals surface area contributed by atoms with Crippen LogP contribution >= 0.6 is 0 Å². The Kier molecular flexibility index (Phi) is 7.06. The van der Waals surface area contributed by atoms with Gasteiger partial charge in [-0.1, -0.05) is 30.3 Å². The molecule has 2 aliphatic heterocycles. The van der Waals surface area contributed by atoms with Crippen LogP contribution in [0.4, 0.5) is 11.4 Å². The monoisotopic (exact) mass is 508 g/mol. The van der Waals surface area contributed by atoms with Gasteiger partial charge in [0.15, 0.2) is 0 Å². The summed E-state index contributed by atoms with van der Waals surface area (Å²) in [6.07, 6.45) is 4.24. The smallest absolute Gasteiger partial charge is 0.328 e. The molecule has 0 atom stereocenters. The van der Waals surface area contributed by atoms with Crippen molar-refractivity contribution in [3.8, 4) is 11.1 Å². The Bertz CT molecular complexity index is 1430. The molecule has 1 saturated heterocycles. The second-order valence-corrected chi connectivity index (χ2v) is 9.38. The lowest BCUT2D eigenvalue weighted by atomic mass is 9.91. The number of hydrogen-bond acceptors (Lipinski definition) is 6. The number of nitrogens with zero attached hydrogens (tertiary/aromatic N) is 2. The van der Waals surface area contributed by atoms with E-state index < -0.39 is 17.8 Å². The Morgan fingerprint density at radius 2 is 1.55 bits per heavy atom. The molecule has 0 unspecified atom stereocenters. The molecule has 3 aromatic carbocycles. The van der Waals surface area contributed by atoms with E-state index in [1.165, 1.54) is 6.08 Å². The summed E-state index contributed by atoms with van der Waals surface area (Å²) in [4.78, 5) is 40.7. The van der Waals surface area contributed by atoms with E-state index in [4.69, 9.17) is 5.11 Å². The maximum absolute atomic E-state index is 12.8. The number of benzene rings is 3. The van der Waals surface area contributed by atoms with Crippen molar-refractivity contribution in [3.63, 3.8) is 0 Å². The van der Waals surface area contributed by atoms with Crippen molar-refractivity contribution in [2.75, 3.05) is 43.4 Å². The highest BCUT2D eigenvalue weighted by Crippen LogP contribution is 2.30. The van der Waals surface area contributed by atoms with Crippen molar-refractivity contribution in [3.05, 3.63) is 95.7 Å². The zero-order valence-corrected chi connectivity index (χ0v) is 21.0. The van der Waals surface area contributed by atoms with E-state index in [0.29, 0.717) is 16.7 Å². The molecule has 0 spiro atoms. The van der Waals surface area contributed by atoms with Gasteiger partial charge in [0.05, 0.1) is 5.57 Å². The molecule has 2 amide bonds. The van der Waals surface area contributed by atoms with Crippen molar-refractivity contribution in [1.82, 2.24) is 10.2 Å². The maximum Gasteiger partial charge on any atom is 0.328 e. The molecule has 8 heteroatoms. The number of carbonyl (C=O) groups is 3. The lowest BCUT2D eigenvalue weighted by Gasteiger charge is -2.34. The molecule has 0 aromatic heterocycles. The van der Waals surface area contributed by atoms with E-state index in [0.717, 1.165) is 60.3 Å². The fraction of sp³-hybridized carbons (Fsp3) is 0.167. The molecule has 0 aliphatic carbocycles. The van der Waals surface area contributed by atoms with Crippen LogP contribution in [0.25, 0.3) is 22.8 Å². The average molecular weight is 509 g/mol. The summed E-state index contributed by atoms with van der Waals surface area (Å²) >= 11 is 0. The highest BCUT2D eigenvalue weighted by atomic mass is 16.4. The van der Waals surface area contributed by atoms with Gasteiger partial charge in [-0.2, -0.15) is 0 Å². The fourth-order valence-corrected chi connectivity index (χ4v) is 4.59. The SMILES string of the molecule is CN1CCN(c2ccc(N/C=C3\C(=O)NC(=O)c4ccc(-c5ccc(/C=C/C(=O)O)cc5)cc43)cc2)CC1. The topological polar surface area (TPSA) is 102 Å². The molecule has 3 aromatic rings. The van der Waals surface area contributed by atoms with E-state index in [2.05, 4.69) is 39.6 Å². The van der Waals surface area contributed by atoms with Crippen LogP contribution in [0.2, 0.25) is 0 Å². The number of fused-ring (bicyclic) bond motifs is 1. The fourth-order valence-electron chi connectivity index (χ4n) is 4.59. The molecule has 0 bridgehead atoms. The predicted molar refractivity (Wildman–Crippen MR) is 149 cm³/mol. The highest BCUT2D eigenvalue weighted by molar-refractivity contribution is 6.31. The van der Waals surface area contributed by atoms with Crippen LogP contribution in [0.15, 0.2) is 79.0 Å². The number of likely N-dealkylation sites (N-methyl/N-ethyl adjacent to an activating group) is 1. The molecule has 0 radical (unpaired) electrons. The number of anilines is 2. The molecule has 8 nitrogen and oxygen atoms in total. The van der Waals surface area contributed by atoms with Crippen molar-refractivity contribution in [1.29, 1.82) is 0 Å². The number of carboxylic acid groups (broad SMARTS) is 1. The zero-order chi connectivity index (χ0) is 26.6. The van der Waals surface area contributed by atoms with Gasteiger partial charge in [0.1, 0.15) is 0 Å². The predicted octanol–water partition coefficient (Wildman–Crippen LogP) is 3.93. The zero-order valence-electron chi connectivity index (χ0n) is 21.0. The number of imide groups is 1. The van der Waals surface area contributed by atoms with Gasteiger partial charge < -0.3 is 20.2 Å². The first kappa shape index (κ1) is 25.0. The largest absolute Gasteiger partial charge is 0.478 e. The van der Waals surface area contributed by atoms with Gasteiger partial charge in [-0.05, 0) is 66.2 Å². The van der Waals surface area contributed by atoms with Gasteiger partial charge in [0.2, 0.25) is 0 Å². The Hall–Kier alpha value is -4.69. The standard InChI is InChI=1S/C30H28N4O4/c1-33-14-16-34(17-15-33)24-10-8-23(9-11-24)31-19-27-26-18-22(7-12-25(26)29(37)32-30(27)38)21-5-2-20(3-6-21)4-13-28(35)36/h2-13,18-19,31H,14-17H2,1H3,(H,35,36)(H,32,37,38)/b13-4+,27-19-. The van der Waals surface area contributed by atoms with E-state index in [1.54, 1.807) is 12.3 Å². The number of carboxylic acids is 1. The van der Waals surface area contributed by atoms with Crippen molar-refractivity contribution < 1.29 is 19.5 Å². The number of nitrogens with one attached hydrogen (secondary N) is 2. The normalized spacial score (nSPS) is 17.0. The number of carbonyl (C=O) groups excluding carboxylic acids is 2. The van der Waals surface area contributed by atoms with Gasteiger partial charge in [-0.3, -0.25) is 14.9 Å². The van der Waals surface area contributed by atoms with Crippen molar-refractivity contribution >= 4 is 40.8 Å². The van der Waals surface area contributed by atoms with Gasteiger partial charge >= 0.3 is 5.97 Å². The van der Waals surface area contributed by atoms with Gasteiger partial charge in [0, 0.05) is 61.0 Å². The minimum atomic E-state index is -1.01. The van der Waals surface area contributed by atoms with Gasteiger partial charge in [0.25, 0.3) is 11.8 Å². The summed E-state index contributed by atoms with van der Waals surface area (Å²) in [5, 5.41) is 14.4. The molecule has 0 saturated carbocycles. The molecule has 3 N–H and O–H groups in total. The summed E-state index contributed by atoms with van der Waals surface area (Å²) in [6.45, 7) is 4.05. The quantitative estimate of drug-likeness (QED) is 0.343. The first-order valence-corrected chi connectivity index (χ1v) is 12.4. The van der Waals surface area contributed by atoms with Crippen molar-refractivity contribution in [2.24, 2.45) is 0 Å². The molecule has 2 heterocycles. The lowest BCUT2D eigenvalue weighted by Crippen LogP contribution is -2.44. The third-order valence-corrected chi connectivity index (χ3v) is 6.81. The number of amides is 2. The first-order valence-electron chi connectivity index (χ1n) is 12.4. The number of aliphatic carboxylic acids is 1. The Morgan fingerprint density at radius 3 is 2.24 bits per heavy atom.